The molecule has 0 aromatic rings. The maximum Gasteiger partial charge on any atom is 0.139 e. The third kappa shape index (κ3) is 1.99. The molecule has 5 unspecified atom stereocenters. The molecule has 1 heteroatoms. The summed E-state index contributed by atoms with van der Waals surface area (Å²) in [7, 11) is 0. The normalized spacial score (nSPS) is 48.1. The van der Waals surface area contributed by atoms with E-state index in [0.29, 0.717) is 17.1 Å². The summed E-state index contributed by atoms with van der Waals surface area (Å²) in [6, 6.07) is 0. The van der Waals surface area contributed by atoms with E-state index in [-0.39, 0.29) is 5.41 Å². The summed E-state index contributed by atoms with van der Waals surface area (Å²) in [6.07, 6.45) is 12.6. The van der Waals surface area contributed by atoms with E-state index in [2.05, 4.69) is 26.8 Å². The monoisotopic (exact) mass is 286 g/mol. The number of carbonyl (C=O) groups excluding carboxylic acids is 1. The van der Waals surface area contributed by atoms with Crippen LogP contribution in [0, 0.1) is 34.5 Å². The van der Waals surface area contributed by atoms with Gasteiger partial charge in [0.05, 0.1) is 0 Å². The molecule has 0 radical (unpaired) electrons. The molecule has 0 spiro atoms. The van der Waals surface area contributed by atoms with Crippen molar-refractivity contribution >= 4 is 5.78 Å². The van der Waals surface area contributed by atoms with E-state index in [0.717, 1.165) is 30.6 Å². The summed E-state index contributed by atoms with van der Waals surface area (Å²) in [5, 5.41) is 0. The Kier molecular flexibility index (Phi) is 2.98. The average molecular weight is 286 g/mol. The van der Waals surface area contributed by atoms with Crippen molar-refractivity contribution < 1.29 is 4.79 Å². The first kappa shape index (κ1) is 14.0. The predicted molar refractivity (Wildman–Crippen MR) is 85.9 cm³/mol. The molecule has 4 aliphatic rings. The average Bonchev–Trinajstić information content (AvgIpc) is 2.73. The molecule has 0 saturated heterocycles. The zero-order valence-corrected chi connectivity index (χ0v) is 14.0. The SMILES string of the molecule is CC1(C)CCC2C3=CCC4(C)C(=O)CCC4C3CCC2C1. The number of fused-ring (bicyclic) bond motifs is 5. The van der Waals surface area contributed by atoms with E-state index >= 15 is 0 Å². The molecular weight excluding hydrogens is 256 g/mol. The third-order valence-electron chi connectivity index (χ3n) is 7.61. The fraction of sp³-hybridized carbons (Fsp3) is 0.850. The van der Waals surface area contributed by atoms with Gasteiger partial charge in [-0.2, -0.15) is 0 Å². The molecule has 1 nitrogen and oxygen atoms in total. The number of hydrogen-bond donors (Lipinski definition) is 0. The fourth-order valence-electron chi connectivity index (χ4n) is 6.39. The molecule has 4 rings (SSSR count). The number of ketones is 1. The van der Waals surface area contributed by atoms with Gasteiger partial charge >= 0.3 is 0 Å². The number of carbonyl (C=O) groups is 1. The largest absolute Gasteiger partial charge is 0.299 e. The molecule has 21 heavy (non-hydrogen) atoms. The topological polar surface area (TPSA) is 17.1 Å². The lowest BCUT2D eigenvalue weighted by atomic mass is 9.53. The molecular formula is C20H30O. The number of allylic oxidation sites excluding steroid dienone is 2. The van der Waals surface area contributed by atoms with E-state index in [1.807, 2.05) is 0 Å². The predicted octanol–water partition coefficient (Wildman–Crippen LogP) is 5.15. The first-order valence-electron chi connectivity index (χ1n) is 9.14. The quantitative estimate of drug-likeness (QED) is 0.562. The van der Waals surface area contributed by atoms with Crippen molar-refractivity contribution in [1.82, 2.24) is 0 Å². The minimum Gasteiger partial charge on any atom is -0.299 e. The van der Waals surface area contributed by atoms with Gasteiger partial charge in [0.25, 0.3) is 0 Å². The van der Waals surface area contributed by atoms with Crippen molar-refractivity contribution in [3.8, 4) is 0 Å². The van der Waals surface area contributed by atoms with Crippen LogP contribution < -0.4 is 0 Å². The standard InChI is InChI=1S/C20H30O/c1-19(2)10-8-14-13(12-19)4-5-16-15(14)9-11-20(3)17(16)6-7-18(20)21/h9,13-14,16-17H,4-8,10-12H2,1-3H3. The lowest BCUT2D eigenvalue weighted by Gasteiger charge is -2.52. The second kappa shape index (κ2) is 4.46. The van der Waals surface area contributed by atoms with Crippen LogP contribution in [-0.4, -0.2) is 5.78 Å². The van der Waals surface area contributed by atoms with Gasteiger partial charge in [-0.15, -0.1) is 0 Å². The van der Waals surface area contributed by atoms with Gasteiger partial charge in [0.15, 0.2) is 0 Å². The highest BCUT2D eigenvalue weighted by atomic mass is 16.1. The van der Waals surface area contributed by atoms with Gasteiger partial charge in [0.2, 0.25) is 0 Å². The number of hydrogen-bond acceptors (Lipinski definition) is 1. The van der Waals surface area contributed by atoms with E-state index in [1.165, 1.54) is 38.5 Å². The van der Waals surface area contributed by atoms with Crippen LogP contribution in [0.4, 0.5) is 0 Å². The molecule has 5 atom stereocenters. The van der Waals surface area contributed by atoms with Crippen molar-refractivity contribution in [2.24, 2.45) is 34.5 Å². The van der Waals surface area contributed by atoms with Gasteiger partial charge in [-0.05, 0) is 74.0 Å². The molecule has 3 saturated carbocycles. The van der Waals surface area contributed by atoms with Crippen molar-refractivity contribution in [3.63, 3.8) is 0 Å². The van der Waals surface area contributed by atoms with Gasteiger partial charge < -0.3 is 0 Å². The Morgan fingerprint density at radius 1 is 1.05 bits per heavy atom. The third-order valence-corrected chi connectivity index (χ3v) is 7.61. The molecule has 0 aromatic heterocycles. The first-order chi connectivity index (χ1) is 9.91. The Morgan fingerprint density at radius 2 is 1.86 bits per heavy atom. The molecule has 0 N–H and O–H groups in total. The summed E-state index contributed by atoms with van der Waals surface area (Å²) < 4.78 is 0. The zero-order chi connectivity index (χ0) is 14.8. The van der Waals surface area contributed by atoms with E-state index in [9.17, 15) is 4.79 Å². The maximum atomic E-state index is 12.3. The summed E-state index contributed by atoms with van der Waals surface area (Å²) in [4.78, 5) is 12.3. The molecule has 0 heterocycles. The highest BCUT2D eigenvalue weighted by molar-refractivity contribution is 5.87. The highest BCUT2D eigenvalue weighted by Gasteiger charge is 2.54. The van der Waals surface area contributed by atoms with E-state index < -0.39 is 0 Å². The Hall–Kier alpha value is -0.590. The fourth-order valence-corrected chi connectivity index (χ4v) is 6.39. The van der Waals surface area contributed by atoms with Gasteiger partial charge in [-0.25, -0.2) is 0 Å². The van der Waals surface area contributed by atoms with Gasteiger partial charge in [-0.3, -0.25) is 4.79 Å². The second-order valence-electron chi connectivity index (χ2n) is 9.35. The summed E-state index contributed by atoms with van der Waals surface area (Å²) in [5.74, 6) is 3.75. The summed E-state index contributed by atoms with van der Waals surface area (Å²) in [6.45, 7) is 7.17. The van der Waals surface area contributed by atoms with Crippen molar-refractivity contribution in [2.45, 2.75) is 72.1 Å². The number of rotatable bonds is 0. The van der Waals surface area contributed by atoms with Crippen molar-refractivity contribution in [3.05, 3.63) is 11.6 Å². The van der Waals surface area contributed by atoms with Crippen LogP contribution in [0.1, 0.15) is 72.1 Å². The van der Waals surface area contributed by atoms with Crippen LogP contribution >= 0.6 is 0 Å². The molecule has 0 bridgehead atoms. The van der Waals surface area contributed by atoms with Crippen LogP contribution in [0.3, 0.4) is 0 Å². The lowest BCUT2D eigenvalue weighted by molar-refractivity contribution is -0.127. The molecule has 4 aliphatic carbocycles. The van der Waals surface area contributed by atoms with Gasteiger partial charge in [-0.1, -0.05) is 32.4 Å². The molecule has 0 amide bonds. The van der Waals surface area contributed by atoms with Crippen LogP contribution in [-0.2, 0) is 4.79 Å². The maximum absolute atomic E-state index is 12.3. The Bertz CT molecular complexity index is 500. The molecule has 116 valence electrons. The van der Waals surface area contributed by atoms with E-state index in [4.69, 9.17) is 0 Å². The van der Waals surface area contributed by atoms with Crippen LogP contribution in [0.15, 0.2) is 11.6 Å². The van der Waals surface area contributed by atoms with Gasteiger partial charge in [0.1, 0.15) is 5.78 Å². The molecule has 0 aliphatic heterocycles. The minimum absolute atomic E-state index is 0.00502. The second-order valence-corrected chi connectivity index (χ2v) is 9.35. The highest BCUT2D eigenvalue weighted by Crippen LogP contribution is 2.60. The zero-order valence-electron chi connectivity index (χ0n) is 14.0. The van der Waals surface area contributed by atoms with Gasteiger partial charge in [0, 0.05) is 11.8 Å². The van der Waals surface area contributed by atoms with Crippen LogP contribution in [0.2, 0.25) is 0 Å². The molecule has 3 fully saturated rings. The summed E-state index contributed by atoms with van der Waals surface area (Å²) in [5.41, 5.74) is 2.34. The van der Waals surface area contributed by atoms with Crippen molar-refractivity contribution in [1.29, 1.82) is 0 Å². The number of Topliss-reactive ketones (excluding diaryl/α,β-unsaturated/α-hetero) is 1. The Morgan fingerprint density at radius 3 is 2.67 bits per heavy atom. The Labute approximate surface area is 129 Å². The minimum atomic E-state index is -0.00502. The Balaban J connectivity index is 1.64. The smallest absolute Gasteiger partial charge is 0.139 e. The van der Waals surface area contributed by atoms with E-state index in [1.54, 1.807) is 5.57 Å². The molecule has 0 aromatic carbocycles. The van der Waals surface area contributed by atoms with Crippen LogP contribution in [0.5, 0.6) is 0 Å². The first-order valence-corrected chi connectivity index (χ1v) is 9.14. The lowest BCUT2D eigenvalue weighted by Crippen LogP contribution is -2.44. The summed E-state index contributed by atoms with van der Waals surface area (Å²) >= 11 is 0. The van der Waals surface area contributed by atoms with Crippen LogP contribution in [0.25, 0.3) is 0 Å². The van der Waals surface area contributed by atoms with Crippen molar-refractivity contribution in [2.75, 3.05) is 0 Å².